The second-order valence-electron chi connectivity index (χ2n) is 6.80. The van der Waals surface area contributed by atoms with Crippen LogP contribution in [0.2, 0.25) is 0 Å². The Kier molecular flexibility index (Phi) is 14.8. The molecule has 0 aliphatic heterocycles. The van der Waals surface area contributed by atoms with Gasteiger partial charge >= 0.3 is 0 Å². The molecule has 0 aromatic heterocycles. The minimum absolute atomic E-state index is 0.0246. The van der Waals surface area contributed by atoms with Crippen molar-refractivity contribution in [2.24, 2.45) is 5.92 Å². The second-order valence-corrected chi connectivity index (χ2v) is 6.80. The summed E-state index contributed by atoms with van der Waals surface area (Å²) in [5.41, 5.74) is 0. The predicted molar refractivity (Wildman–Crippen MR) is 97.6 cm³/mol. The highest BCUT2D eigenvalue weighted by Crippen LogP contribution is 2.08. The predicted octanol–water partition coefficient (Wildman–Crippen LogP) is -1.31. The number of rotatable bonds is 16. The fourth-order valence-electron chi connectivity index (χ4n) is 2.35. The van der Waals surface area contributed by atoms with E-state index in [1.54, 1.807) is 0 Å². The van der Waals surface area contributed by atoms with Gasteiger partial charge in [-0.1, -0.05) is 25.3 Å². The average molecular weight is 410 g/mol. The summed E-state index contributed by atoms with van der Waals surface area (Å²) >= 11 is 0. The summed E-state index contributed by atoms with van der Waals surface area (Å²) in [5, 5.41) is 55.2. The molecule has 0 heterocycles. The van der Waals surface area contributed by atoms with E-state index in [1.165, 1.54) is 0 Å². The normalized spacial score (nSPS) is 16.7. The lowest BCUT2D eigenvalue weighted by Crippen LogP contribution is -2.52. The molecule has 2 amide bonds. The van der Waals surface area contributed by atoms with Crippen molar-refractivity contribution < 1.29 is 45.2 Å². The molecule has 0 saturated carbocycles. The zero-order chi connectivity index (χ0) is 21.5. The van der Waals surface area contributed by atoms with E-state index < -0.39 is 36.9 Å². The number of nitrogens with one attached hydrogen (secondary N) is 2. The lowest BCUT2D eigenvalue weighted by atomic mass is 10.0. The highest BCUT2D eigenvalue weighted by Gasteiger charge is 2.34. The molecule has 0 spiro atoms. The van der Waals surface area contributed by atoms with Crippen LogP contribution in [0, 0.1) is 5.92 Å². The lowest BCUT2D eigenvalue weighted by Gasteiger charge is -2.25. The molecule has 0 unspecified atom stereocenters. The first-order valence-corrected chi connectivity index (χ1v) is 9.44. The van der Waals surface area contributed by atoms with E-state index in [-0.39, 0.29) is 18.4 Å². The first-order chi connectivity index (χ1) is 13.2. The number of hydrogen-bond acceptors (Lipinski definition) is 9. The summed E-state index contributed by atoms with van der Waals surface area (Å²) in [4.78, 5) is 27.4. The molecule has 28 heavy (non-hydrogen) atoms. The van der Waals surface area contributed by atoms with Gasteiger partial charge in [-0.3, -0.25) is 9.59 Å². The van der Waals surface area contributed by atoms with Crippen LogP contribution in [0.25, 0.3) is 0 Å². The van der Waals surface area contributed by atoms with Crippen LogP contribution in [0.3, 0.4) is 0 Å². The van der Waals surface area contributed by atoms with E-state index in [9.17, 15) is 30.0 Å². The Hall–Kier alpha value is -1.34. The second kappa shape index (κ2) is 15.6. The van der Waals surface area contributed by atoms with Crippen molar-refractivity contribution in [1.82, 2.24) is 10.6 Å². The molecule has 0 saturated heterocycles. The third-order valence-electron chi connectivity index (χ3n) is 4.21. The van der Waals surface area contributed by atoms with Crippen LogP contribution in [0.5, 0.6) is 0 Å². The molecule has 0 aromatic carbocycles. The van der Waals surface area contributed by atoms with E-state index in [2.05, 4.69) is 20.6 Å². The summed E-state index contributed by atoms with van der Waals surface area (Å²) in [5.74, 6) is -0.819. The molecule has 166 valence electrons. The van der Waals surface area contributed by atoms with Gasteiger partial charge in [0.1, 0.15) is 24.9 Å². The maximum Gasteiger partial charge on any atom is 0.251 e. The number of aliphatic hydroxyl groups is 4. The molecule has 0 fully saturated rings. The first-order valence-electron chi connectivity index (χ1n) is 9.44. The Morgan fingerprint density at radius 2 is 1.71 bits per heavy atom. The Labute approximate surface area is 164 Å². The van der Waals surface area contributed by atoms with Crippen molar-refractivity contribution >= 4 is 11.8 Å². The number of carbonyl (C=O) groups excluding carboxylic acids is 2. The number of carbonyl (C=O) groups is 2. The maximum atomic E-state index is 11.9. The Morgan fingerprint density at radius 1 is 1.04 bits per heavy atom. The number of hydrogen-bond donors (Lipinski definition) is 7. The third-order valence-corrected chi connectivity index (χ3v) is 4.21. The minimum Gasteiger partial charge on any atom is -0.388 e. The molecule has 11 heteroatoms. The van der Waals surface area contributed by atoms with Crippen molar-refractivity contribution in [1.29, 1.82) is 0 Å². The summed E-state index contributed by atoms with van der Waals surface area (Å²) in [7, 11) is 0. The third kappa shape index (κ3) is 11.5. The molecule has 0 aliphatic rings. The molecular formula is C17H34N2O9. The topological polar surface area (TPSA) is 178 Å². The molecule has 0 radical (unpaired) electrons. The van der Waals surface area contributed by atoms with Crippen molar-refractivity contribution in [2.75, 3.05) is 19.7 Å². The molecule has 11 nitrogen and oxygen atoms in total. The van der Waals surface area contributed by atoms with Gasteiger partial charge in [-0.25, -0.2) is 10.1 Å². The van der Waals surface area contributed by atoms with E-state index in [0.717, 1.165) is 25.7 Å². The summed E-state index contributed by atoms with van der Waals surface area (Å²) < 4.78 is 0. The quantitative estimate of drug-likeness (QED) is 0.0924. The summed E-state index contributed by atoms with van der Waals surface area (Å²) in [6.07, 6.45) is -3.73. The average Bonchev–Trinajstić information content (AvgIpc) is 2.69. The molecule has 0 bridgehead atoms. The van der Waals surface area contributed by atoms with Crippen LogP contribution in [-0.4, -0.2) is 81.6 Å². The SMILES string of the molecule is CCCCC(=O)NCCC[C@H](C)CNC(=O)[C@H](O)[C@H](O)[C@H](O)[C@H](O)COOO. The largest absolute Gasteiger partial charge is 0.388 e. The van der Waals surface area contributed by atoms with Gasteiger partial charge in [-0.15, -0.1) is 0 Å². The molecule has 0 aromatic rings. The van der Waals surface area contributed by atoms with Crippen LogP contribution >= 0.6 is 0 Å². The van der Waals surface area contributed by atoms with Crippen molar-refractivity contribution in [2.45, 2.75) is 70.4 Å². The van der Waals surface area contributed by atoms with Gasteiger partial charge in [0.2, 0.25) is 5.91 Å². The fraction of sp³-hybridized carbons (Fsp3) is 0.882. The number of unbranched alkanes of at least 4 members (excludes halogenated alkanes) is 1. The van der Waals surface area contributed by atoms with Gasteiger partial charge in [0, 0.05) is 19.5 Å². The number of amides is 2. The van der Waals surface area contributed by atoms with Gasteiger partial charge in [0.05, 0.1) is 0 Å². The van der Waals surface area contributed by atoms with Gasteiger partial charge in [-0.2, -0.15) is 0 Å². The van der Waals surface area contributed by atoms with E-state index in [1.807, 2.05) is 13.8 Å². The zero-order valence-electron chi connectivity index (χ0n) is 16.4. The molecule has 0 rings (SSSR count). The van der Waals surface area contributed by atoms with Crippen molar-refractivity contribution in [3.63, 3.8) is 0 Å². The van der Waals surface area contributed by atoms with E-state index >= 15 is 0 Å². The first kappa shape index (κ1) is 26.7. The van der Waals surface area contributed by atoms with E-state index in [0.29, 0.717) is 13.0 Å². The van der Waals surface area contributed by atoms with Gasteiger partial charge < -0.3 is 31.1 Å². The molecule has 7 N–H and O–H groups in total. The zero-order valence-corrected chi connectivity index (χ0v) is 16.4. The smallest absolute Gasteiger partial charge is 0.251 e. The molecule has 5 atom stereocenters. The molecule has 0 aliphatic carbocycles. The lowest BCUT2D eigenvalue weighted by molar-refractivity contribution is -0.495. The maximum absolute atomic E-state index is 11.9. The van der Waals surface area contributed by atoms with Crippen molar-refractivity contribution in [3.8, 4) is 0 Å². The van der Waals surface area contributed by atoms with Gasteiger partial charge in [-0.05, 0) is 25.2 Å². The summed E-state index contributed by atoms with van der Waals surface area (Å²) in [6.45, 7) is 3.99. The standard InChI is InChI=1S/C17H34N2O9/c1-3-4-7-13(21)18-8-5-6-11(2)9-19-17(25)16(24)15(23)14(22)12(20)10-27-28-26/h11-12,14-16,20,22-24,26H,3-10H2,1-2H3,(H,18,21)(H,19,25)/t11-,12+,14+,15+,16+/m0/s1. The van der Waals surface area contributed by atoms with Crippen LogP contribution < -0.4 is 10.6 Å². The van der Waals surface area contributed by atoms with Crippen LogP contribution in [-0.2, 0) is 19.5 Å². The van der Waals surface area contributed by atoms with Crippen LogP contribution in [0.1, 0.15) is 46.0 Å². The van der Waals surface area contributed by atoms with Gasteiger partial charge in [0.15, 0.2) is 6.10 Å². The Bertz CT molecular complexity index is 439. The highest BCUT2D eigenvalue weighted by atomic mass is 17.5. The van der Waals surface area contributed by atoms with Crippen LogP contribution in [0.4, 0.5) is 0 Å². The van der Waals surface area contributed by atoms with Crippen LogP contribution in [0.15, 0.2) is 0 Å². The summed E-state index contributed by atoms with van der Waals surface area (Å²) in [6, 6.07) is 0. The van der Waals surface area contributed by atoms with Crippen molar-refractivity contribution in [3.05, 3.63) is 0 Å². The Morgan fingerprint density at radius 3 is 2.32 bits per heavy atom. The molecular weight excluding hydrogens is 376 g/mol. The van der Waals surface area contributed by atoms with E-state index in [4.69, 9.17) is 5.26 Å². The van der Waals surface area contributed by atoms with Gasteiger partial charge in [0.25, 0.3) is 5.91 Å². The monoisotopic (exact) mass is 410 g/mol. The fourth-order valence-corrected chi connectivity index (χ4v) is 2.35. The minimum atomic E-state index is -1.97. The Balaban J connectivity index is 4.08. The number of aliphatic hydroxyl groups excluding tert-OH is 4. The highest BCUT2D eigenvalue weighted by molar-refractivity contribution is 5.81.